The highest BCUT2D eigenvalue weighted by molar-refractivity contribution is 6.21. The first-order valence-corrected chi connectivity index (χ1v) is 8.14. The quantitative estimate of drug-likeness (QED) is 0.532. The van der Waals surface area contributed by atoms with Crippen molar-refractivity contribution in [3.8, 4) is 0 Å². The molecule has 0 saturated heterocycles. The molecule has 0 fully saturated rings. The minimum Gasteiger partial charge on any atom is -0.477 e. The third-order valence-corrected chi connectivity index (χ3v) is 3.82. The molecule has 1 aromatic rings. The Morgan fingerprint density at radius 3 is 2.27 bits per heavy atom. The summed E-state index contributed by atoms with van der Waals surface area (Å²) in [5, 5.41) is 11.3. The molecule has 1 atom stereocenters. The molecule has 0 aliphatic carbocycles. The first-order chi connectivity index (χ1) is 12.3. The molecule has 1 aliphatic heterocycles. The number of amides is 3. The number of benzene rings is 1. The van der Waals surface area contributed by atoms with Crippen LogP contribution in [0.15, 0.2) is 36.0 Å². The van der Waals surface area contributed by atoms with Gasteiger partial charge in [-0.2, -0.15) is 0 Å². The number of ether oxygens (including phenoxy) is 1. The van der Waals surface area contributed by atoms with E-state index in [0.717, 1.165) is 4.90 Å². The average Bonchev–Trinajstić information content (AvgIpc) is 2.84. The van der Waals surface area contributed by atoms with Crippen LogP contribution in [0.2, 0.25) is 0 Å². The van der Waals surface area contributed by atoms with Gasteiger partial charge in [0.05, 0.1) is 30.4 Å². The van der Waals surface area contributed by atoms with Crippen LogP contribution in [0.25, 0.3) is 0 Å². The second-order valence-corrected chi connectivity index (χ2v) is 5.69. The fraction of sp³-hybridized carbons (Fsp3) is 0.333. The van der Waals surface area contributed by atoms with E-state index in [-0.39, 0.29) is 30.7 Å². The molecule has 0 spiro atoms. The van der Waals surface area contributed by atoms with Crippen molar-refractivity contribution in [2.75, 3.05) is 13.2 Å². The van der Waals surface area contributed by atoms with Crippen molar-refractivity contribution in [2.24, 2.45) is 0 Å². The van der Waals surface area contributed by atoms with Gasteiger partial charge < -0.3 is 15.2 Å². The summed E-state index contributed by atoms with van der Waals surface area (Å²) in [6, 6.07) is 6.58. The van der Waals surface area contributed by atoms with Gasteiger partial charge in [0.25, 0.3) is 11.8 Å². The summed E-state index contributed by atoms with van der Waals surface area (Å²) in [5.41, 5.74) is 0.455. The Morgan fingerprint density at radius 1 is 1.23 bits per heavy atom. The van der Waals surface area contributed by atoms with Crippen molar-refractivity contribution in [2.45, 2.75) is 26.4 Å². The van der Waals surface area contributed by atoms with Crippen LogP contribution < -0.4 is 5.32 Å². The van der Waals surface area contributed by atoms with Crippen molar-refractivity contribution in [1.29, 1.82) is 0 Å². The molecular formula is C18H20N2O6. The number of aliphatic carboxylic acids is 1. The number of imide groups is 1. The molecule has 26 heavy (non-hydrogen) atoms. The zero-order valence-corrected chi connectivity index (χ0v) is 14.5. The molecule has 1 aromatic carbocycles. The number of hydrogen-bond donors (Lipinski definition) is 2. The van der Waals surface area contributed by atoms with E-state index < -0.39 is 18.0 Å². The van der Waals surface area contributed by atoms with Crippen LogP contribution in [-0.2, 0) is 14.3 Å². The molecule has 8 heteroatoms. The van der Waals surface area contributed by atoms with Crippen LogP contribution in [0.3, 0.4) is 0 Å². The standard InChI is InChI=1S/C18H20N2O6/c1-3-12(10-15(18(24)25)19-11(2)21)26-9-8-20-16(22)13-6-4-5-7-14(13)17(20)23/h4-7,10,12H,3,8-9H2,1-2H3,(H,19,21)(H,24,25). The van der Waals surface area contributed by atoms with Gasteiger partial charge in [0.15, 0.2) is 0 Å². The number of carboxylic acid groups (broad SMARTS) is 1. The maximum atomic E-state index is 12.3. The van der Waals surface area contributed by atoms with Crippen LogP contribution in [0.5, 0.6) is 0 Å². The van der Waals surface area contributed by atoms with Gasteiger partial charge in [-0.05, 0) is 24.6 Å². The topological polar surface area (TPSA) is 113 Å². The number of nitrogens with zero attached hydrogens (tertiary/aromatic N) is 1. The van der Waals surface area contributed by atoms with Crippen LogP contribution in [-0.4, -0.2) is 53.0 Å². The Labute approximate surface area is 150 Å². The molecule has 2 rings (SSSR count). The Kier molecular flexibility index (Phi) is 6.24. The fourth-order valence-electron chi connectivity index (χ4n) is 2.56. The zero-order valence-electron chi connectivity index (χ0n) is 14.5. The van der Waals surface area contributed by atoms with Crippen molar-refractivity contribution in [3.05, 3.63) is 47.2 Å². The van der Waals surface area contributed by atoms with Crippen LogP contribution in [0, 0.1) is 0 Å². The highest BCUT2D eigenvalue weighted by atomic mass is 16.5. The maximum absolute atomic E-state index is 12.3. The predicted octanol–water partition coefficient (Wildman–Crippen LogP) is 1.18. The van der Waals surface area contributed by atoms with Crippen LogP contribution >= 0.6 is 0 Å². The van der Waals surface area contributed by atoms with Crippen molar-refractivity contribution in [3.63, 3.8) is 0 Å². The van der Waals surface area contributed by atoms with E-state index in [4.69, 9.17) is 9.84 Å². The summed E-state index contributed by atoms with van der Waals surface area (Å²) >= 11 is 0. The highest BCUT2D eigenvalue weighted by Gasteiger charge is 2.34. The molecule has 3 amide bonds. The van der Waals surface area contributed by atoms with E-state index in [1.165, 1.54) is 13.0 Å². The molecule has 0 aromatic heterocycles. The van der Waals surface area contributed by atoms with E-state index in [2.05, 4.69) is 5.32 Å². The molecule has 2 N–H and O–H groups in total. The molecule has 1 aliphatic rings. The lowest BCUT2D eigenvalue weighted by molar-refractivity contribution is -0.134. The second kappa shape index (κ2) is 8.39. The van der Waals surface area contributed by atoms with Gasteiger partial charge >= 0.3 is 5.97 Å². The first-order valence-electron chi connectivity index (χ1n) is 8.14. The lowest BCUT2D eigenvalue weighted by Crippen LogP contribution is -2.34. The van der Waals surface area contributed by atoms with Crippen molar-refractivity contribution < 1.29 is 29.0 Å². The summed E-state index contributed by atoms with van der Waals surface area (Å²) in [6.07, 6.45) is 1.17. The summed E-state index contributed by atoms with van der Waals surface area (Å²) < 4.78 is 5.57. The zero-order chi connectivity index (χ0) is 19.3. The molecule has 138 valence electrons. The number of carbonyl (C=O) groups excluding carboxylic acids is 3. The van der Waals surface area contributed by atoms with Crippen LogP contribution in [0.1, 0.15) is 41.0 Å². The van der Waals surface area contributed by atoms with Gasteiger partial charge in [-0.3, -0.25) is 19.3 Å². The monoisotopic (exact) mass is 360 g/mol. The van der Waals surface area contributed by atoms with E-state index in [1.54, 1.807) is 31.2 Å². The van der Waals surface area contributed by atoms with E-state index >= 15 is 0 Å². The lowest BCUT2D eigenvalue weighted by atomic mass is 10.1. The van der Waals surface area contributed by atoms with Gasteiger partial charge in [0.1, 0.15) is 5.70 Å². The Bertz CT molecular complexity index is 736. The number of rotatable bonds is 8. The molecular weight excluding hydrogens is 340 g/mol. The number of hydrogen-bond acceptors (Lipinski definition) is 5. The fourth-order valence-corrected chi connectivity index (χ4v) is 2.56. The third kappa shape index (κ3) is 4.34. The molecule has 0 saturated carbocycles. The highest BCUT2D eigenvalue weighted by Crippen LogP contribution is 2.22. The lowest BCUT2D eigenvalue weighted by Gasteiger charge is -2.17. The number of fused-ring (bicyclic) bond motifs is 1. The second-order valence-electron chi connectivity index (χ2n) is 5.69. The predicted molar refractivity (Wildman–Crippen MR) is 91.4 cm³/mol. The van der Waals surface area contributed by atoms with Gasteiger partial charge in [-0.25, -0.2) is 4.79 Å². The molecule has 1 heterocycles. The minimum atomic E-state index is -1.28. The summed E-state index contributed by atoms with van der Waals surface area (Å²) in [7, 11) is 0. The average molecular weight is 360 g/mol. The van der Waals surface area contributed by atoms with E-state index in [1.807, 2.05) is 0 Å². The van der Waals surface area contributed by atoms with Crippen molar-refractivity contribution in [1.82, 2.24) is 10.2 Å². The van der Waals surface area contributed by atoms with Gasteiger partial charge in [-0.1, -0.05) is 19.1 Å². The number of nitrogens with one attached hydrogen (secondary N) is 1. The van der Waals surface area contributed by atoms with Crippen LogP contribution in [0.4, 0.5) is 0 Å². The third-order valence-electron chi connectivity index (χ3n) is 3.82. The van der Waals surface area contributed by atoms with Crippen molar-refractivity contribution >= 4 is 23.7 Å². The molecule has 0 radical (unpaired) electrons. The Morgan fingerprint density at radius 2 is 1.81 bits per heavy atom. The van der Waals surface area contributed by atoms with Gasteiger partial charge in [-0.15, -0.1) is 0 Å². The maximum Gasteiger partial charge on any atom is 0.352 e. The molecule has 8 nitrogen and oxygen atoms in total. The number of carbonyl (C=O) groups is 4. The molecule has 1 unspecified atom stereocenters. The van der Waals surface area contributed by atoms with E-state index in [9.17, 15) is 19.2 Å². The van der Waals surface area contributed by atoms with Gasteiger partial charge in [0, 0.05) is 6.92 Å². The Hall–Kier alpha value is -3.00. The number of carboxylic acids is 1. The van der Waals surface area contributed by atoms with Gasteiger partial charge in [0.2, 0.25) is 5.91 Å². The largest absolute Gasteiger partial charge is 0.477 e. The SMILES string of the molecule is CCC(C=C(NC(C)=O)C(=O)O)OCCN1C(=O)c2ccccc2C1=O. The first kappa shape index (κ1) is 19.3. The normalized spacial score (nSPS) is 15.0. The summed E-state index contributed by atoms with van der Waals surface area (Å²) in [4.78, 5) is 47.8. The Balaban J connectivity index is 1.98. The summed E-state index contributed by atoms with van der Waals surface area (Å²) in [6.45, 7) is 3.10. The summed E-state index contributed by atoms with van der Waals surface area (Å²) in [5.74, 6) is -2.52. The van der Waals surface area contributed by atoms with E-state index in [0.29, 0.717) is 17.5 Å². The molecule has 0 bridgehead atoms. The minimum absolute atomic E-state index is 0.0491. The smallest absolute Gasteiger partial charge is 0.352 e.